The molecule has 2 rings (SSSR count). The quantitative estimate of drug-likeness (QED) is 0.777. The molecule has 1 amide bonds. The highest BCUT2D eigenvalue weighted by molar-refractivity contribution is 5.93. The minimum absolute atomic E-state index is 0.00672. The van der Waals surface area contributed by atoms with E-state index < -0.39 is 0 Å². The Bertz CT molecular complexity index is 417. The number of morpholine rings is 1. The highest BCUT2D eigenvalue weighted by Gasteiger charge is 2.20. The first-order valence-electron chi connectivity index (χ1n) is 6.05. The van der Waals surface area contributed by atoms with Crippen LogP contribution < -0.4 is 0 Å². The van der Waals surface area contributed by atoms with Crippen molar-refractivity contribution in [3.8, 4) is 0 Å². The molecule has 0 spiro atoms. The molecule has 18 heavy (non-hydrogen) atoms. The van der Waals surface area contributed by atoms with Crippen LogP contribution >= 0.6 is 0 Å². The van der Waals surface area contributed by atoms with Gasteiger partial charge in [0.05, 0.1) is 17.9 Å². The molecule has 0 aromatic carbocycles. The summed E-state index contributed by atoms with van der Waals surface area (Å²) in [5.74, 6) is -0.0317. The second-order valence-corrected chi connectivity index (χ2v) is 4.79. The summed E-state index contributed by atoms with van der Waals surface area (Å²) in [6.07, 6.45) is 1.63. The monoisotopic (exact) mass is 249 g/mol. The van der Waals surface area contributed by atoms with E-state index >= 15 is 0 Å². The second kappa shape index (κ2) is 5.46. The lowest BCUT2D eigenvalue weighted by Crippen LogP contribution is -2.35. The van der Waals surface area contributed by atoms with Gasteiger partial charge >= 0.3 is 0 Å². The number of carbonyl (C=O) groups is 1. The van der Waals surface area contributed by atoms with Crippen molar-refractivity contribution >= 4 is 5.91 Å². The van der Waals surface area contributed by atoms with Crippen LogP contribution in [0.2, 0.25) is 0 Å². The zero-order valence-corrected chi connectivity index (χ0v) is 11.1. The summed E-state index contributed by atoms with van der Waals surface area (Å²) in [6, 6.07) is 3.68. The predicted molar refractivity (Wildman–Crippen MR) is 68.4 cm³/mol. The van der Waals surface area contributed by atoms with Crippen molar-refractivity contribution in [3.63, 3.8) is 0 Å². The smallest absolute Gasteiger partial charge is 0.254 e. The summed E-state index contributed by atoms with van der Waals surface area (Å²) in [6.45, 7) is 2.52. The molecule has 5 nitrogen and oxygen atoms in total. The summed E-state index contributed by atoms with van der Waals surface area (Å²) in [5, 5.41) is 0. The van der Waals surface area contributed by atoms with Gasteiger partial charge in [0, 0.05) is 33.4 Å². The van der Waals surface area contributed by atoms with Crippen LogP contribution in [0.3, 0.4) is 0 Å². The van der Waals surface area contributed by atoms with Crippen molar-refractivity contribution in [1.82, 2.24) is 14.8 Å². The van der Waals surface area contributed by atoms with Crippen molar-refractivity contribution in [1.29, 1.82) is 0 Å². The average molecular weight is 249 g/mol. The molecule has 0 aliphatic carbocycles. The van der Waals surface area contributed by atoms with Gasteiger partial charge in [-0.15, -0.1) is 0 Å². The molecular formula is C13H19N3O2. The Labute approximate surface area is 107 Å². The number of rotatable bonds is 2. The van der Waals surface area contributed by atoms with Gasteiger partial charge < -0.3 is 14.5 Å². The van der Waals surface area contributed by atoms with Crippen LogP contribution in [0.5, 0.6) is 0 Å². The molecule has 0 bridgehead atoms. The van der Waals surface area contributed by atoms with Gasteiger partial charge in [0.25, 0.3) is 5.91 Å². The van der Waals surface area contributed by atoms with E-state index in [1.165, 1.54) is 0 Å². The average Bonchev–Trinajstić information content (AvgIpc) is 2.38. The van der Waals surface area contributed by atoms with Crippen molar-refractivity contribution in [2.45, 2.75) is 6.10 Å². The molecule has 0 unspecified atom stereocenters. The maximum Gasteiger partial charge on any atom is 0.254 e. The zero-order chi connectivity index (χ0) is 13.1. The topological polar surface area (TPSA) is 45.7 Å². The van der Waals surface area contributed by atoms with Crippen molar-refractivity contribution in [3.05, 3.63) is 29.6 Å². The molecule has 1 aliphatic rings. The third-order valence-corrected chi connectivity index (χ3v) is 3.04. The normalized spacial score (nSPS) is 20.7. The molecule has 98 valence electrons. The van der Waals surface area contributed by atoms with E-state index in [0.29, 0.717) is 5.56 Å². The van der Waals surface area contributed by atoms with Gasteiger partial charge in [-0.05, 0) is 19.2 Å². The minimum atomic E-state index is -0.0317. The SMILES string of the molecule is CN1CCO[C@@H](c2ccc(C(=O)N(C)C)cn2)C1. The van der Waals surface area contributed by atoms with E-state index in [9.17, 15) is 4.79 Å². The number of nitrogens with zero attached hydrogens (tertiary/aromatic N) is 3. The Balaban J connectivity index is 2.10. The number of amides is 1. The van der Waals surface area contributed by atoms with Gasteiger partial charge in [-0.25, -0.2) is 0 Å². The Morgan fingerprint density at radius 1 is 1.50 bits per heavy atom. The second-order valence-electron chi connectivity index (χ2n) is 4.79. The molecule has 1 aromatic heterocycles. The van der Waals surface area contributed by atoms with E-state index in [1.807, 2.05) is 12.1 Å². The van der Waals surface area contributed by atoms with Crippen LogP contribution in [0.15, 0.2) is 18.3 Å². The number of hydrogen-bond donors (Lipinski definition) is 0. The molecule has 0 saturated carbocycles. The molecule has 5 heteroatoms. The zero-order valence-electron chi connectivity index (χ0n) is 11.1. The van der Waals surface area contributed by atoms with E-state index in [1.54, 1.807) is 25.2 Å². The molecule has 1 saturated heterocycles. The minimum Gasteiger partial charge on any atom is -0.369 e. The third-order valence-electron chi connectivity index (χ3n) is 3.04. The fourth-order valence-electron chi connectivity index (χ4n) is 1.94. The van der Waals surface area contributed by atoms with E-state index in [0.717, 1.165) is 25.4 Å². The lowest BCUT2D eigenvalue weighted by Gasteiger charge is -2.29. The van der Waals surface area contributed by atoms with Crippen molar-refractivity contribution in [2.24, 2.45) is 0 Å². The van der Waals surface area contributed by atoms with Gasteiger partial charge in [-0.2, -0.15) is 0 Å². The fourth-order valence-corrected chi connectivity index (χ4v) is 1.94. The van der Waals surface area contributed by atoms with Gasteiger partial charge in [0.2, 0.25) is 0 Å². The van der Waals surface area contributed by atoms with Crippen LogP contribution in [0.1, 0.15) is 22.2 Å². The first kappa shape index (κ1) is 13.0. The molecule has 0 radical (unpaired) electrons. The maximum absolute atomic E-state index is 11.7. The van der Waals surface area contributed by atoms with Gasteiger partial charge in [0.1, 0.15) is 6.10 Å². The van der Waals surface area contributed by atoms with Crippen LogP contribution in [-0.4, -0.2) is 61.5 Å². The summed E-state index contributed by atoms with van der Waals surface area (Å²) in [4.78, 5) is 19.8. The molecule has 1 aliphatic heterocycles. The number of ether oxygens (including phenoxy) is 1. The number of carbonyl (C=O) groups excluding carboxylic acids is 1. The Morgan fingerprint density at radius 2 is 2.28 bits per heavy atom. The predicted octanol–water partition coefficient (Wildman–Crippen LogP) is 0.786. The van der Waals surface area contributed by atoms with Crippen LogP contribution in [-0.2, 0) is 4.74 Å². The maximum atomic E-state index is 11.7. The van der Waals surface area contributed by atoms with Crippen LogP contribution in [0.25, 0.3) is 0 Å². The lowest BCUT2D eigenvalue weighted by atomic mass is 10.1. The highest BCUT2D eigenvalue weighted by atomic mass is 16.5. The third kappa shape index (κ3) is 2.86. The van der Waals surface area contributed by atoms with Gasteiger partial charge in [0.15, 0.2) is 0 Å². The molecule has 1 atom stereocenters. The molecule has 0 N–H and O–H groups in total. The number of likely N-dealkylation sites (N-methyl/N-ethyl adjacent to an activating group) is 1. The van der Waals surface area contributed by atoms with E-state index in [-0.39, 0.29) is 12.0 Å². The first-order valence-corrected chi connectivity index (χ1v) is 6.05. The van der Waals surface area contributed by atoms with Gasteiger partial charge in [-0.1, -0.05) is 0 Å². The summed E-state index contributed by atoms with van der Waals surface area (Å²) >= 11 is 0. The largest absolute Gasteiger partial charge is 0.369 e. The number of aromatic nitrogens is 1. The van der Waals surface area contributed by atoms with Gasteiger partial charge in [-0.3, -0.25) is 9.78 Å². The van der Waals surface area contributed by atoms with Crippen molar-refractivity contribution in [2.75, 3.05) is 40.8 Å². The number of pyridine rings is 1. The van der Waals surface area contributed by atoms with E-state index in [2.05, 4.69) is 16.9 Å². The Morgan fingerprint density at radius 3 is 2.83 bits per heavy atom. The Kier molecular flexibility index (Phi) is 3.93. The molecule has 1 fully saturated rings. The number of hydrogen-bond acceptors (Lipinski definition) is 4. The van der Waals surface area contributed by atoms with Crippen LogP contribution in [0, 0.1) is 0 Å². The first-order chi connectivity index (χ1) is 8.58. The molecule has 2 heterocycles. The molecule has 1 aromatic rings. The van der Waals surface area contributed by atoms with Crippen LogP contribution in [0.4, 0.5) is 0 Å². The standard InChI is InChI=1S/C13H19N3O2/c1-15(2)13(17)10-4-5-11(14-8-10)12-9-16(3)6-7-18-12/h4-5,8,12H,6-7,9H2,1-3H3/t12-/m1/s1. The summed E-state index contributed by atoms with van der Waals surface area (Å²) < 4.78 is 5.68. The summed E-state index contributed by atoms with van der Waals surface area (Å²) in [7, 11) is 5.53. The molecular weight excluding hydrogens is 230 g/mol. The lowest BCUT2D eigenvalue weighted by molar-refractivity contribution is -0.0231. The van der Waals surface area contributed by atoms with E-state index in [4.69, 9.17) is 4.74 Å². The Hall–Kier alpha value is -1.46. The van der Waals surface area contributed by atoms with Crippen molar-refractivity contribution < 1.29 is 9.53 Å². The summed E-state index contributed by atoms with van der Waals surface area (Å²) in [5.41, 5.74) is 1.49. The highest BCUT2D eigenvalue weighted by Crippen LogP contribution is 2.19. The fraction of sp³-hybridized carbons (Fsp3) is 0.538.